The van der Waals surface area contributed by atoms with Crippen molar-refractivity contribution < 1.29 is 31.8 Å². The lowest BCUT2D eigenvalue weighted by Gasteiger charge is -2.20. The van der Waals surface area contributed by atoms with E-state index >= 15 is 0 Å². The summed E-state index contributed by atoms with van der Waals surface area (Å²) in [6.07, 6.45) is -6.57. The van der Waals surface area contributed by atoms with E-state index in [9.17, 15) is 31.8 Å². The van der Waals surface area contributed by atoms with Crippen LogP contribution >= 0.6 is 15.9 Å². The first kappa shape index (κ1) is 17.7. The molecule has 1 aromatic rings. The summed E-state index contributed by atoms with van der Waals surface area (Å²) >= 11 is 3.09. The van der Waals surface area contributed by atoms with Gasteiger partial charge in [0.05, 0.1) is 33.5 Å². The molecule has 0 spiro atoms. The van der Waals surface area contributed by atoms with Gasteiger partial charge >= 0.3 is 6.18 Å². The number of alkyl halides is 4. The zero-order valence-corrected chi connectivity index (χ0v) is 13.4. The van der Waals surface area contributed by atoms with Crippen molar-refractivity contribution in [1.29, 1.82) is 0 Å². The molecule has 2 rings (SSSR count). The Balaban J connectivity index is 2.21. The van der Waals surface area contributed by atoms with Gasteiger partial charge in [0.25, 0.3) is 0 Å². The molecule has 0 aliphatic heterocycles. The van der Waals surface area contributed by atoms with Crippen molar-refractivity contribution in [2.45, 2.75) is 40.6 Å². The number of benzene rings is 1. The fourth-order valence-corrected chi connectivity index (χ4v) is 4.36. The first-order valence-electron chi connectivity index (χ1n) is 6.22. The van der Waals surface area contributed by atoms with E-state index < -0.39 is 44.8 Å². The lowest BCUT2D eigenvalue weighted by Crippen LogP contribution is -2.45. The third kappa shape index (κ3) is 3.62. The molecule has 22 heavy (non-hydrogen) atoms. The van der Waals surface area contributed by atoms with E-state index in [2.05, 4.69) is 20.7 Å². The van der Waals surface area contributed by atoms with E-state index in [0.717, 1.165) is 12.1 Å². The van der Waals surface area contributed by atoms with Crippen molar-refractivity contribution >= 4 is 26.0 Å². The number of nitrogens with one attached hydrogen (secondary N) is 1. The van der Waals surface area contributed by atoms with Crippen LogP contribution in [0.3, 0.4) is 0 Å². The normalized spacial score (nSPS) is 29.7. The van der Waals surface area contributed by atoms with Gasteiger partial charge < -0.3 is 10.2 Å². The molecule has 0 bridgehead atoms. The van der Waals surface area contributed by atoms with Crippen molar-refractivity contribution in [2.75, 3.05) is 0 Å². The number of sulfonamides is 1. The van der Waals surface area contributed by atoms with Crippen LogP contribution in [0.4, 0.5) is 13.2 Å². The van der Waals surface area contributed by atoms with Crippen LogP contribution in [-0.2, 0) is 16.2 Å². The van der Waals surface area contributed by atoms with E-state index in [1.807, 2.05) is 0 Å². The molecule has 0 radical (unpaired) electrons. The van der Waals surface area contributed by atoms with Crippen molar-refractivity contribution in [1.82, 2.24) is 4.72 Å². The maximum atomic E-state index is 12.5. The van der Waals surface area contributed by atoms with E-state index in [0.29, 0.717) is 12.1 Å². The summed E-state index contributed by atoms with van der Waals surface area (Å²) in [5.41, 5.74) is -0.957. The molecule has 1 fully saturated rings. The summed E-state index contributed by atoms with van der Waals surface area (Å²) in [6, 6.07) is 2.04. The predicted octanol–water partition coefficient (Wildman–Crippen LogP) is 1.24. The van der Waals surface area contributed by atoms with Crippen LogP contribution in [0.2, 0.25) is 0 Å². The first-order valence-corrected chi connectivity index (χ1v) is 8.62. The molecular weight excluding hydrogens is 391 g/mol. The van der Waals surface area contributed by atoms with Crippen molar-refractivity contribution in [2.24, 2.45) is 0 Å². The quantitative estimate of drug-likeness (QED) is 0.662. The Hall–Kier alpha value is -0.680. The highest BCUT2D eigenvalue weighted by Gasteiger charge is 2.42. The van der Waals surface area contributed by atoms with Gasteiger partial charge in [0.2, 0.25) is 10.0 Å². The topological polar surface area (TPSA) is 86.6 Å². The third-order valence-corrected chi connectivity index (χ3v) is 6.05. The Kier molecular flexibility index (Phi) is 4.88. The molecule has 1 saturated carbocycles. The smallest absolute Gasteiger partial charge is 0.392 e. The Bertz CT molecular complexity index is 635. The minimum absolute atomic E-state index is 0.00385. The largest absolute Gasteiger partial charge is 0.416 e. The molecule has 1 aromatic carbocycles. The summed E-state index contributed by atoms with van der Waals surface area (Å²) < 4.78 is 63.8. The Morgan fingerprint density at radius 2 is 1.68 bits per heavy atom. The number of aliphatic hydroxyl groups is 2. The molecule has 0 saturated heterocycles. The third-order valence-electron chi connectivity index (χ3n) is 3.39. The maximum absolute atomic E-state index is 12.5. The van der Waals surface area contributed by atoms with Crippen LogP contribution in [0.25, 0.3) is 0 Å². The number of aliphatic hydroxyl groups excluding tert-OH is 2. The van der Waals surface area contributed by atoms with Gasteiger partial charge in [-0.15, -0.1) is 0 Å². The highest BCUT2D eigenvalue weighted by molar-refractivity contribution is 9.09. The monoisotopic (exact) mass is 403 g/mol. The molecule has 1 aliphatic rings. The van der Waals surface area contributed by atoms with Crippen molar-refractivity contribution in [3.63, 3.8) is 0 Å². The molecule has 0 unspecified atom stereocenters. The second kappa shape index (κ2) is 6.08. The molecule has 1 aliphatic carbocycles. The molecule has 0 aromatic heterocycles. The molecule has 3 N–H and O–H groups in total. The van der Waals surface area contributed by atoms with E-state index in [4.69, 9.17) is 0 Å². The van der Waals surface area contributed by atoms with E-state index in [-0.39, 0.29) is 11.3 Å². The zero-order valence-electron chi connectivity index (χ0n) is 11.0. The van der Waals surface area contributed by atoms with Gasteiger partial charge in [-0.05, 0) is 24.3 Å². The summed E-state index contributed by atoms with van der Waals surface area (Å²) in [7, 11) is -4.11. The van der Waals surface area contributed by atoms with Crippen LogP contribution in [0, 0.1) is 0 Å². The Morgan fingerprint density at radius 1 is 1.14 bits per heavy atom. The average molecular weight is 404 g/mol. The van der Waals surface area contributed by atoms with Crippen LogP contribution in [0.15, 0.2) is 29.2 Å². The van der Waals surface area contributed by atoms with Crippen LogP contribution in [-0.4, -0.2) is 41.7 Å². The average Bonchev–Trinajstić information content (AvgIpc) is 2.64. The van der Waals surface area contributed by atoms with Gasteiger partial charge in [0.15, 0.2) is 0 Å². The highest BCUT2D eigenvalue weighted by atomic mass is 79.9. The maximum Gasteiger partial charge on any atom is 0.416 e. The lowest BCUT2D eigenvalue weighted by atomic mass is 10.2. The molecule has 4 atom stereocenters. The Morgan fingerprint density at radius 3 is 2.09 bits per heavy atom. The molecular formula is C12H13BrF3NO4S. The standard InChI is InChI=1S/C12H13BrF3NO4S/c13-10-8(18)5-9(19)11(10)17-22(20,21)7-3-1-6(2-4-7)12(14,15)16/h1-4,8-11,17-19H,5H2/t8-,9+,10-,11-/m0/s1. The van der Waals surface area contributed by atoms with Gasteiger partial charge in [-0.3, -0.25) is 0 Å². The summed E-state index contributed by atoms with van der Waals surface area (Å²) in [5, 5.41) is 19.3. The van der Waals surface area contributed by atoms with Crippen LogP contribution in [0.5, 0.6) is 0 Å². The molecule has 5 nitrogen and oxygen atoms in total. The molecule has 10 heteroatoms. The van der Waals surface area contributed by atoms with Crippen LogP contribution in [0.1, 0.15) is 12.0 Å². The summed E-state index contributed by atoms with van der Waals surface area (Å²) in [4.78, 5) is -1.04. The van der Waals surface area contributed by atoms with Gasteiger partial charge in [0.1, 0.15) is 0 Å². The van der Waals surface area contributed by atoms with Gasteiger partial charge in [-0.25, -0.2) is 13.1 Å². The van der Waals surface area contributed by atoms with Crippen molar-refractivity contribution in [3.05, 3.63) is 29.8 Å². The summed E-state index contributed by atoms with van der Waals surface area (Å²) in [5.74, 6) is 0. The first-order chi connectivity index (χ1) is 10.0. The van der Waals surface area contributed by atoms with E-state index in [1.54, 1.807) is 0 Å². The van der Waals surface area contributed by atoms with Gasteiger partial charge in [-0.1, -0.05) is 15.9 Å². The number of hydrogen-bond donors (Lipinski definition) is 3. The number of hydrogen-bond acceptors (Lipinski definition) is 4. The second-order valence-electron chi connectivity index (χ2n) is 4.98. The predicted molar refractivity (Wildman–Crippen MR) is 74.9 cm³/mol. The zero-order chi connectivity index (χ0) is 16.7. The van der Waals surface area contributed by atoms with Gasteiger partial charge in [0, 0.05) is 6.42 Å². The second-order valence-corrected chi connectivity index (χ2v) is 7.76. The van der Waals surface area contributed by atoms with E-state index in [1.165, 1.54) is 0 Å². The Labute approximate surface area is 133 Å². The van der Waals surface area contributed by atoms with Gasteiger partial charge in [-0.2, -0.15) is 13.2 Å². The number of rotatable bonds is 3. The highest BCUT2D eigenvalue weighted by Crippen LogP contribution is 2.31. The molecule has 0 heterocycles. The molecule has 0 amide bonds. The fraction of sp³-hybridized carbons (Fsp3) is 0.500. The van der Waals surface area contributed by atoms with Crippen molar-refractivity contribution in [3.8, 4) is 0 Å². The molecule has 124 valence electrons. The van der Waals surface area contributed by atoms with Crippen LogP contribution < -0.4 is 4.72 Å². The summed E-state index contributed by atoms with van der Waals surface area (Å²) in [6.45, 7) is 0. The SMILES string of the molecule is O=S(=O)(N[C@@H]1[C@@H](Br)[C@@H](O)C[C@H]1O)c1ccc(C(F)(F)F)cc1. The minimum Gasteiger partial charge on any atom is -0.392 e. The fourth-order valence-electron chi connectivity index (χ4n) is 2.19. The number of halogens is 4. The lowest BCUT2D eigenvalue weighted by molar-refractivity contribution is -0.137. The minimum atomic E-state index is -4.55.